The van der Waals surface area contributed by atoms with Crippen molar-refractivity contribution < 1.29 is 4.74 Å². The van der Waals surface area contributed by atoms with Crippen molar-refractivity contribution in [2.24, 2.45) is 0 Å². The fourth-order valence-corrected chi connectivity index (χ4v) is 3.06. The van der Waals surface area contributed by atoms with Gasteiger partial charge in [0, 0.05) is 0 Å². The van der Waals surface area contributed by atoms with Crippen LogP contribution >= 0.6 is 0 Å². The van der Waals surface area contributed by atoms with Gasteiger partial charge in [-0.3, -0.25) is 0 Å². The molecule has 0 rings (SSSR count). The highest BCUT2D eigenvalue weighted by atomic mass is 16.5. The number of hydrogen-bond acceptors (Lipinski definition) is 1. The lowest BCUT2D eigenvalue weighted by Crippen LogP contribution is -1.83. The van der Waals surface area contributed by atoms with Gasteiger partial charge in [0.25, 0.3) is 0 Å². The van der Waals surface area contributed by atoms with Crippen LogP contribution in [0.25, 0.3) is 0 Å². The van der Waals surface area contributed by atoms with Crippen molar-refractivity contribution >= 4 is 0 Å². The van der Waals surface area contributed by atoms with Crippen LogP contribution in [0, 0.1) is 0 Å². The van der Waals surface area contributed by atoms with E-state index in [4.69, 9.17) is 4.74 Å². The van der Waals surface area contributed by atoms with Crippen LogP contribution in [0.15, 0.2) is 36.6 Å². The van der Waals surface area contributed by atoms with Gasteiger partial charge in [0.2, 0.25) is 0 Å². The molecule has 25 heavy (non-hydrogen) atoms. The van der Waals surface area contributed by atoms with Crippen molar-refractivity contribution in [3.8, 4) is 0 Å². The lowest BCUT2D eigenvalue weighted by atomic mass is 10.0. The number of methoxy groups -OCH3 is 1. The standard InChI is InChI=1S/C24H44O/c1-3-4-5-6-7-8-9-10-11-12-13-14-15-16-17-18-19-20-21-22-23-24-25-2/h19-24H,3-18H2,1-2H3/b20-19+,22-21+,24-23+. The van der Waals surface area contributed by atoms with Crippen LogP contribution in [-0.2, 0) is 4.74 Å². The molecule has 0 fully saturated rings. The average molecular weight is 349 g/mol. The zero-order valence-corrected chi connectivity index (χ0v) is 17.2. The van der Waals surface area contributed by atoms with Crippen molar-refractivity contribution in [2.75, 3.05) is 7.11 Å². The van der Waals surface area contributed by atoms with Gasteiger partial charge in [-0.15, -0.1) is 0 Å². The molecular weight excluding hydrogens is 304 g/mol. The fourth-order valence-electron chi connectivity index (χ4n) is 3.06. The molecule has 0 aliphatic carbocycles. The Balaban J connectivity index is 3.10. The molecule has 1 nitrogen and oxygen atoms in total. The summed E-state index contributed by atoms with van der Waals surface area (Å²) in [5.74, 6) is 0. The second-order valence-corrected chi connectivity index (χ2v) is 7.12. The molecule has 0 heterocycles. The number of hydrogen-bond donors (Lipinski definition) is 0. The topological polar surface area (TPSA) is 9.23 Å². The van der Waals surface area contributed by atoms with E-state index in [0.29, 0.717) is 0 Å². The molecule has 0 aromatic carbocycles. The second kappa shape index (κ2) is 23.0. The normalized spacial score (nSPS) is 12.1. The molecule has 0 aromatic heterocycles. The molecule has 0 aliphatic rings. The van der Waals surface area contributed by atoms with E-state index < -0.39 is 0 Å². The highest BCUT2D eigenvalue weighted by Gasteiger charge is 1.93. The fraction of sp³-hybridized carbons (Fsp3) is 0.750. The summed E-state index contributed by atoms with van der Waals surface area (Å²) >= 11 is 0. The van der Waals surface area contributed by atoms with Crippen LogP contribution in [0.2, 0.25) is 0 Å². The maximum absolute atomic E-state index is 4.83. The highest BCUT2D eigenvalue weighted by Crippen LogP contribution is 2.13. The van der Waals surface area contributed by atoms with E-state index in [1.165, 1.54) is 103 Å². The minimum atomic E-state index is 1.20. The zero-order valence-electron chi connectivity index (χ0n) is 17.2. The Kier molecular flexibility index (Phi) is 22.1. The maximum atomic E-state index is 4.83. The molecule has 0 radical (unpaired) electrons. The Morgan fingerprint density at radius 2 is 0.960 bits per heavy atom. The summed E-state index contributed by atoms with van der Waals surface area (Å²) in [7, 11) is 1.66. The minimum absolute atomic E-state index is 1.20. The largest absolute Gasteiger partial charge is 0.504 e. The summed E-state index contributed by atoms with van der Waals surface area (Å²) in [5, 5.41) is 0. The third-order valence-electron chi connectivity index (χ3n) is 4.66. The summed E-state index contributed by atoms with van der Waals surface area (Å²) in [6.45, 7) is 2.29. The van der Waals surface area contributed by atoms with Crippen molar-refractivity contribution in [3.63, 3.8) is 0 Å². The smallest absolute Gasteiger partial charge is 0.0824 e. The van der Waals surface area contributed by atoms with Crippen LogP contribution in [0.1, 0.15) is 110 Å². The molecule has 0 saturated carbocycles. The molecule has 0 saturated heterocycles. The molecule has 0 N–H and O–H groups in total. The summed E-state index contributed by atoms with van der Waals surface area (Å²) in [6.07, 6.45) is 34.7. The van der Waals surface area contributed by atoms with Crippen molar-refractivity contribution in [1.82, 2.24) is 0 Å². The number of unbranched alkanes of at least 4 members (excludes halogenated alkanes) is 15. The minimum Gasteiger partial charge on any atom is -0.504 e. The number of ether oxygens (including phenoxy) is 1. The lowest BCUT2D eigenvalue weighted by molar-refractivity contribution is 0.338. The third-order valence-corrected chi connectivity index (χ3v) is 4.66. The first-order chi connectivity index (χ1) is 12.4. The predicted octanol–water partition coefficient (Wildman–Crippen LogP) is 8.52. The van der Waals surface area contributed by atoms with Crippen molar-refractivity contribution in [1.29, 1.82) is 0 Å². The third kappa shape index (κ3) is 23.0. The van der Waals surface area contributed by atoms with Gasteiger partial charge in [-0.1, -0.05) is 121 Å². The number of rotatable bonds is 19. The van der Waals surface area contributed by atoms with E-state index in [9.17, 15) is 0 Å². The monoisotopic (exact) mass is 348 g/mol. The molecular formula is C24H44O. The van der Waals surface area contributed by atoms with E-state index in [1.807, 2.05) is 12.2 Å². The molecule has 0 bridgehead atoms. The van der Waals surface area contributed by atoms with E-state index in [-0.39, 0.29) is 0 Å². The Morgan fingerprint density at radius 3 is 1.44 bits per heavy atom. The van der Waals surface area contributed by atoms with Gasteiger partial charge >= 0.3 is 0 Å². The van der Waals surface area contributed by atoms with Crippen LogP contribution in [0.3, 0.4) is 0 Å². The Hall–Kier alpha value is -0.980. The zero-order chi connectivity index (χ0) is 18.3. The molecule has 0 atom stereocenters. The Bertz CT molecular complexity index is 314. The average Bonchev–Trinajstić information content (AvgIpc) is 2.63. The van der Waals surface area contributed by atoms with Gasteiger partial charge in [0.05, 0.1) is 13.4 Å². The maximum Gasteiger partial charge on any atom is 0.0824 e. The first-order valence-electron chi connectivity index (χ1n) is 10.9. The van der Waals surface area contributed by atoms with Crippen molar-refractivity contribution in [2.45, 2.75) is 110 Å². The Morgan fingerprint density at radius 1 is 0.520 bits per heavy atom. The van der Waals surface area contributed by atoms with E-state index in [1.54, 1.807) is 13.4 Å². The van der Waals surface area contributed by atoms with Gasteiger partial charge in [0.1, 0.15) is 0 Å². The van der Waals surface area contributed by atoms with E-state index >= 15 is 0 Å². The van der Waals surface area contributed by atoms with Gasteiger partial charge in [-0.2, -0.15) is 0 Å². The first-order valence-corrected chi connectivity index (χ1v) is 10.9. The quantitative estimate of drug-likeness (QED) is 0.129. The first kappa shape index (κ1) is 24.0. The van der Waals surface area contributed by atoms with Crippen LogP contribution in [0.5, 0.6) is 0 Å². The molecule has 0 amide bonds. The lowest BCUT2D eigenvalue weighted by Gasteiger charge is -2.03. The van der Waals surface area contributed by atoms with Crippen LogP contribution in [0.4, 0.5) is 0 Å². The van der Waals surface area contributed by atoms with Gasteiger partial charge < -0.3 is 4.74 Å². The molecule has 0 aromatic rings. The molecule has 0 aliphatic heterocycles. The summed E-state index contributed by atoms with van der Waals surface area (Å²) < 4.78 is 4.83. The van der Waals surface area contributed by atoms with Crippen LogP contribution < -0.4 is 0 Å². The SMILES string of the molecule is CCCCCCCCCCCCCCCCC/C=C/C=C/C=C/OC. The molecule has 0 unspecified atom stereocenters. The second-order valence-electron chi connectivity index (χ2n) is 7.12. The van der Waals surface area contributed by atoms with Gasteiger partial charge in [0.15, 0.2) is 0 Å². The van der Waals surface area contributed by atoms with E-state index in [0.717, 1.165) is 0 Å². The highest BCUT2D eigenvalue weighted by molar-refractivity contribution is 5.09. The number of allylic oxidation sites excluding steroid dienone is 5. The summed E-state index contributed by atoms with van der Waals surface area (Å²) in [5.41, 5.74) is 0. The Labute approximate surface area is 158 Å². The molecule has 1 heteroatoms. The predicted molar refractivity (Wildman–Crippen MR) is 114 cm³/mol. The van der Waals surface area contributed by atoms with Gasteiger partial charge in [-0.25, -0.2) is 0 Å². The van der Waals surface area contributed by atoms with Gasteiger partial charge in [-0.05, 0) is 18.9 Å². The van der Waals surface area contributed by atoms with Crippen molar-refractivity contribution in [3.05, 3.63) is 36.6 Å². The molecule has 0 spiro atoms. The summed E-state index contributed by atoms with van der Waals surface area (Å²) in [6, 6.07) is 0. The van der Waals surface area contributed by atoms with E-state index in [2.05, 4.69) is 25.2 Å². The molecule has 146 valence electrons. The summed E-state index contributed by atoms with van der Waals surface area (Å²) in [4.78, 5) is 0. The van der Waals surface area contributed by atoms with Crippen LogP contribution in [-0.4, -0.2) is 7.11 Å².